The van der Waals surface area contributed by atoms with Crippen molar-refractivity contribution in [1.29, 1.82) is 0 Å². The molecule has 0 radical (unpaired) electrons. The van der Waals surface area contributed by atoms with E-state index in [0.717, 1.165) is 18.2 Å². The van der Waals surface area contributed by atoms with Gasteiger partial charge < -0.3 is 5.11 Å². The summed E-state index contributed by atoms with van der Waals surface area (Å²) in [5, 5.41) is 8.21. The van der Waals surface area contributed by atoms with E-state index in [4.69, 9.17) is 5.11 Å². The SMILES string of the molecule is O=C(O)C=Cc1ccc(F)c(F)c1F. The highest BCUT2D eigenvalue weighted by molar-refractivity contribution is 5.85. The van der Waals surface area contributed by atoms with Crippen LogP contribution in [0.1, 0.15) is 5.56 Å². The van der Waals surface area contributed by atoms with Crippen molar-refractivity contribution < 1.29 is 23.1 Å². The number of hydrogen-bond donors (Lipinski definition) is 1. The van der Waals surface area contributed by atoms with Gasteiger partial charge >= 0.3 is 5.97 Å². The summed E-state index contributed by atoms with van der Waals surface area (Å²) < 4.78 is 37.8. The van der Waals surface area contributed by atoms with E-state index in [-0.39, 0.29) is 5.56 Å². The predicted molar refractivity (Wildman–Crippen MR) is 43.0 cm³/mol. The lowest BCUT2D eigenvalue weighted by molar-refractivity contribution is -0.131. The molecule has 1 aromatic rings. The summed E-state index contributed by atoms with van der Waals surface area (Å²) in [6.07, 6.45) is 1.48. The van der Waals surface area contributed by atoms with Crippen molar-refractivity contribution in [2.45, 2.75) is 0 Å². The molecule has 0 bridgehead atoms. The van der Waals surface area contributed by atoms with Gasteiger partial charge in [-0.3, -0.25) is 0 Å². The Labute approximate surface area is 77.3 Å². The highest BCUT2D eigenvalue weighted by atomic mass is 19.2. The number of rotatable bonds is 2. The van der Waals surface area contributed by atoms with E-state index in [1.807, 2.05) is 0 Å². The Morgan fingerprint density at radius 1 is 1.21 bits per heavy atom. The standard InChI is InChI=1S/C9H5F3O2/c10-6-3-1-5(2-4-7(13)14)8(11)9(6)12/h1-4H,(H,13,14). The molecule has 1 rings (SSSR count). The highest BCUT2D eigenvalue weighted by Crippen LogP contribution is 2.16. The number of hydrogen-bond acceptors (Lipinski definition) is 1. The molecule has 0 saturated carbocycles. The second-order valence-electron chi connectivity index (χ2n) is 2.44. The molecule has 0 heterocycles. The lowest BCUT2D eigenvalue weighted by atomic mass is 10.2. The van der Waals surface area contributed by atoms with E-state index in [1.54, 1.807) is 0 Å². The van der Waals surface area contributed by atoms with Crippen LogP contribution in [0, 0.1) is 17.5 Å². The van der Waals surface area contributed by atoms with E-state index in [0.29, 0.717) is 6.08 Å². The van der Waals surface area contributed by atoms with Gasteiger partial charge in [0.15, 0.2) is 17.5 Å². The third kappa shape index (κ3) is 2.12. The second-order valence-corrected chi connectivity index (χ2v) is 2.44. The Morgan fingerprint density at radius 2 is 1.86 bits per heavy atom. The van der Waals surface area contributed by atoms with Crippen LogP contribution < -0.4 is 0 Å². The zero-order valence-electron chi connectivity index (χ0n) is 6.80. The number of carbonyl (C=O) groups is 1. The zero-order valence-corrected chi connectivity index (χ0v) is 6.80. The molecule has 0 amide bonds. The van der Waals surface area contributed by atoms with E-state index < -0.39 is 23.4 Å². The molecule has 14 heavy (non-hydrogen) atoms. The van der Waals surface area contributed by atoms with Gasteiger partial charge in [0, 0.05) is 11.6 Å². The van der Waals surface area contributed by atoms with Gasteiger partial charge in [-0.1, -0.05) is 0 Å². The fourth-order valence-electron chi connectivity index (χ4n) is 0.831. The van der Waals surface area contributed by atoms with E-state index in [1.165, 1.54) is 0 Å². The van der Waals surface area contributed by atoms with Crippen LogP contribution in [-0.4, -0.2) is 11.1 Å². The second kappa shape index (κ2) is 3.95. The van der Waals surface area contributed by atoms with Gasteiger partial charge in [-0.2, -0.15) is 0 Å². The van der Waals surface area contributed by atoms with E-state index >= 15 is 0 Å². The first-order valence-corrected chi connectivity index (χ1v) is 3.57. The zero-order chi connectivity index (χ0) is 10.7. The summed E-state index contributed by atoms with van der Waals surface area (Å²) in [5.41, 5.74) is -0.314. The molecule has 74 valence electrons. The molecule has 0 spiro atoms. The van der Waals surface area contributed by atoms with Crippen LogP contribution in [0.5, 0.6) is 0 Å². The van der Waals surface area contributed by atoms with E-state index in [2.05, 4.69) is 0 Å². The lowest BCUT2D eigenvalue weighted by Gasteiger charge is -1.98. The summed E-state index contributed by atoms with van der Waals surface area (Å²) >= 11 is 0. The number of carboxylic acids is 1. The molecule has 5 heteroatoms. The van der Waals surface area contributed by atoms with Gasteiger partial charge in [-0.25, -0.2) is 18.0 Å². The molecule has 0 atom stereocenters. The first kappa shape index (κ1) is 10.3. The van der Waals surface area contributed by atoms with Crippen molar-refractivity contribution in [3.8, 4) is 0 Å². The van der Waals surface area contributed by atoms with Crippen LogP contribution in [0.25, 0.3) is 6.08 Å². The molecule has 0 aliphatic heterocycles. The van der Waals surface area contributed by atoms with Gasteiger partial charge in [0.1, 0.15) is 0 Å². The quantitative estimate of drug-likeness (QED) is 0.589. The molecule has 0 aromatic heterocycles. The third-order valence-corrected chi connectivity index (χ3v) is 1.47. The average Bonchev–Trinajstić information content (AvgIpc) is 2.13. The molecule has 0 aliphatic carbocycles. The van der Waals surface area contributed by atoms with Gasteiger partial charge in [0.05, 0.1) is 0 Å². The molecule has 0 aliphatic rings. The topological polar surface area (TPSA) is 37.3 Å². The minimum atomic E-state index is -1.61. The summed E-state index contributed by atoms with van der Waals surface area (Å²) in [6, 6.07) is 1.67. The van der Waals surface area contributed by atoms with Crippen LogP contribution in [0.15, 0.2) is 18.2 Å². The van der Waals surface area contributed by atoms with Crippen molar-refractivity contribution in [3.05, 3.63) is 41.2 Å². The van der Waals surface area contributed by atoms with Gasteiger partial charge in [-0.15, -0.1) is 0 Å². The maximum atomic E-state index is 12.9. The van der Waals surface area contributed by atoms with E-state index in [9.17, 15) is 18.0 Å². The summed E-state index contributed by atoms with van der Waals surface area (Å²) in [4.78, 5) is 10.1. The van der Waals surface area contributed by atoms with Crippen molar-refractivity contribution >= 4 is 12.0 Å². The van der Waals surface area contributed by atoms with Crippen LogP contribution >= 0.6 is 0 Å². The smallest absolute Gasteiger partial charge is 0.328 e. The maximum Gasteiger partial charge on any atom is 0.328 e. The monoisotopic (exact) mass is 202 g/mol. The molecule has 1 N–H and O–H groups in total. The van der Waals surface area contributed by atoms with Gasteiger partial charge in [-0.05, 0) is 18.2 Å². The summed E-state index contributed by atoms with van der Waals surface area (Å²) in [7, 11) is 0. The highest BCUT2D eigenvalue weighted by Gasteiger charge is 2.11. The molecular weight excluding hydrogens is 197 g/mol. The number of halogens is 3. The van der Waals surface area contributed by atoms with Crippen molar-refractivity contribution in [3.63, 3.8) is 0 Å². The Balaban J connectivity index is 3.12. The third-order valence-electron chi connectivity index (χ3n) is 1.47. The average molecular weight is 202 g/mol. The maximum absolute atomic E-state index is 12.9. The van der Waals surface area contributed by atoms with Crippen LogP contribution in [0.3, 0.4) is 0 Å². The Hall–Kier alpha value is -1.78. The van der Waals surface area contributed by atoms with Crippen molar-refractivity contribution in [1.82, 2.24) is 0 Å². The summed E-state index contributed by atoms with van der Waals surface area (Å²) in [6.45, 7) is 0. The lowest BCUT2D eigenvalue weighted by Crippen LogP contribution is -1.94. The van der Waals surface area contributed by atoms with Gasteiger partial charge in [0.25, 0.3) is 0 Å². The molecule has 2 nitrogen and oxygen atoms in total. The summed E-state index contributed by atoms with van der Waals surface area (Å²) in [5.74, 6) is -5.62. The van der Waals surface area contributed by atoms with Crippen LogP contribution in [-0.2, 0) is 4.79 Å². The Morgan fingerprint density at radius 3 is 2.43 bits per heavy atom. The molecular formula is C9H5F3O2. The van der Waals surface area contributed by atoms with Crippen LogP contribution in [0.2, 0.25) is 0 Å². The fourth-order valence-corrected chi connectivity index (χ4v) is 0.831. The minimum absolute atomic E-state index is 0.314. The normalized spacial score (nSPS) is 10.8. The van der Waals surface area contributed by atoms with Gasteiger partial charge in [0.2, 0.25) is 0 Å². The van der Waals surface area contributed by atoms with Crippen LogP contribution in [0.4, 0.5) is 13.2 Å². The number of carboxylic acid groups (broad SMARTS) is 1. The first-order chi connectivity index (χ1) is 6.52. The number of aliphatic carboxylic acids is 1. The molecule has 0 saturated heterocycles. The predicted octanol–water partition coefficient (Wildman–Crippen LogP) is 2.20. The Bertz CT molecular complexity index is 399. The molecule has 1 aromatic carbocycles. The van der Waals surface area contributed by atoms with Crippen molar-refractivity contribution in [2.24, 2.45) is 0 Å². The largest absolute Gasteiger partial charge is 0.478 e. The number of benzene rings is 1. The molecule has 0 unspecified atom stereocenters. The van der Waals surface area contributed by atoms with Crippen molar-refractivity contribution in [2.75, 3.05) is 0 Å². The fraction of sp³-hybridized carbons (Fsp3) is 0. The first-order valence-electron chi connectivity index (χ1n) is 3.57. The minimum Gasteiger partial charge on any atom is -0.478 e. The molecule has 0 fully saturated rings. The Kier molecular flexibility index (Phi) is 2.91.